The molecule has 0 aromatic heterocycles. The van der Waals surface area contributed by atoms with Gasteiger partial charge >= 0.3 is 5.97 Å². The predicted molar refractivity (Wildman–Crippen MR) is 49.2 cm³/mol. The first-order valence-electron chi connectivity index (χ1n) is 4.20. The number of carbonyl (C=O) groups is 1. The average Bonchev–Trinajstić information content (AvgIpc) is 2.04. The maximum Gasteiger partial charge on any atom is 0.307 e. The van der Waals surface area contributed by atoms with E-state index in [-0.39, 0.29) is 5.97 Å². The van der Waals surface area contributed by atoms with Crippen LogP contribution in [-0.2, 0) is 9.32 Å². The van der Waals surface area contributed by atoms with Crippen LogP contribution in [0.15, 0.2) is 0 Å². The third kappa shape index (κ3) is 7.80. The van der Waals surface area contributed by atoms with Crippen LogP contribution in [0.1, 0.15) is 45.4 Å². The summed E-state index contributed by atoms with van der Waals surface area (Å²) in [6.07, 6.45) is 6.43. The summed E-state index contributed by atoms with van der Waals surface area (Å²) < 4.78 is 4.43. The second-order valence-corrected chi connectivity index (χ2v) is 2.89. The number of rotatable bonds is 6. The first-order chi connectivity index (χ1) is 5.31. The van der Waals surface area contributed by atoms with Crippen molar-refractivity contribution in [3.8, 4) is 0 Å². The van der Waals surface area contributed by atoms with Gasteiger partial charge in [-0.2, -0.15) is 0 Å². The summed E-state index contributed by atoms with van der Waals surface area (Å²) in [5, 5.41) is 0. The van der Waals surface area contributed by atoms with Crippen molar-refractivity contribution >= 4 is 15.4 Å². The lowest BCUT2D eigenvalue weighted by molar-refractivity contribution is -0.133. The highest BCUT2D eigenvalue weighted by molar-refractivity contribution is 7.10. The Labute approximate surface area is 71.0 Å². The zero-order valence-electron chi connectivity index (χ0n) is 7.14. The van der Waals surface area contributed by atoms with Crippen LogP contribution in [0.3, 0.4) is 0 Å². The highest BCUT2D eigenvalue weighted by Crippen LogP contribution is 2.06. The molecule has 0 amide bonds. The van der Waals surface area contributed by atoms with Crippen molar-refractivity contribution < 1.29 is 9.32 Å². The van der Waals surface area contributed by atoms with E-state index in [0.717, 1.165) is 12.8 Å². The molecule has 11 heavy (non-hydrogen) atoms. The van der Waals surface area contributed by atoms with E-state index in [1.807, 2.05) is 9.47 Å². The van der Waals surface area contributed by atoms with E-state index in [0.29, 0.717) is 6.42 Å². The molecule has 0 rings (SSSR count). The van der Waals surface area contributed by atoms with Gasteiger partial charge in [0.05, 0.1) is 9.47 Å². The van der Waals surface area contributed by atoms with Gasteiger partial charge in [-0.1, -0.05) is 32.6 Å². The number of unbranched alkanes of at least 4 members (excludes halogenated alkanes) is 4. The van der Waals surface area contributed by atoms with Crippen molar-refractivity contribution in [2.45, 2.75) is 45.4 Å². The van der Waals surface area contributed by atoms with Crippen LogP contribution in [0.25, 0.3) is 0 Å². The molecule has 0 radical (unpaired) electrons. The zero-order chi connectivity index (χ0) is 8.53. The summed E-state index contributed by atoms with van der Waals surface area (Å²) >= 11 is 0. The summed E-state index contributed by atoms with van der Waals surface area (Å²) in [5.74, 6) is -0.119. The van der Waals surface area contributed by atoms with Crippen molar-refractivity contribution in [3.63, 3.8) is 0 Å². The Bertz CT molecular complexity index is 104. The first kappa shape index (κ1) is 10.9. The molecule has 2 nitrogen and oxygen atoms in total. The van der Waals surface area contributed by atoms with Crippen molar-refractivity contribution in [1.29, 1.82) is 0 Å². The molecule has 0 fully saturated rings. The van der Waals surface area contributed by atoms with Gasteiger partial charge in [-0.05, 0) is 6.42 Å². The summed E-state index contributed by atoms with van der Waals surface area (Å²) in [4.78, 5) is 10.6. The fraction of sp³-hybridized carbons (Fsp3) is 0.875. The molecule has 1 unspecified atom stereocenters. The van der Waals surface area contributed by atoms with Crippen LogP contribution in [0.2, 0.25) is 0 Å². The van der Waals surface area contributed by atoms with Crippen LogP contribution in [-0.4, -0.2) is 5.97 Å². The van der Waals surface area contributed by atoms with Gasteiger partial charge in [0.2, 0.25) is 0 Å². The van der Waals surface area contributed by atoms with Crippen molar-refractivity contribution in [2.75, 3.05) is 0 Å². The maximum absolute atomic E-state index is 10.6. The first-order valence-corrected chi connectivity index (χ1v) is 4.68. The molecule has 0 N–H and O–H groups in total. The number of hydrogen-bond donors (Lipinski definition) is 0. The molecular weight excluding hydrogens is 159 g/mol. The minimum atomic E-state index is -0.119. The predicted octanol–water partition coefficient (Wildman–Crippen LogP) is 2.68. The summed E-state index contributed by atoms with van der Waals surface area (Å²) in [5.41, 5.74) is 0. The van der Waals surface area contributed by atoms with Gasteiger partial charge in [0.1, 0.15) is 0 Å². The standard InChI is InChI=1S/C8H17O2P/c1-2-3-4-5-6-7-8(9)10-11/h2-7,11H2,1H3. The Kier molecular flexibility index (Phi) is 7.93. The molecule has 3 heteroatoms. The monoisotopic (exact) mass is 176 g/mol. The smallest absolute Gasteiger partial charge is 0.307 e. The Morgan fingerprint density at radius 1 is 1.27 bits per heavy atom. The van der Waals surface area contributed by atoms with Crippen molar-refractivity contribution in [3.05, 3.63) is 0 Å². The molecule has 0 aliphatic rings. The zero-order valence-corrected chi connectivity index (χ0v) is 8.29. The van der Waals surface area contributed by atoms with Crippen LogP contribution in [0, 0.1) is 0 Å². The molecule has 0 aliphatic heterocycles. The lowest BCUT2D eigenvalue weighted by atomic mass is 10.1. The van der Waals surface area contributed by atoms with Gasteiger partial charge in [0.15, 0.2) is 0 Å². The minimum Gasteiger partial charge on any atom is -0.452 e. The quantitative estimate of drug-likeness (QED) is 0.459. The second kappa shape index (κ2) is 8.00. The van der Waals surface area contributed by atoms with E-state index in [4.69, 9.17) is 0 Å². The van der Waals surface area contributed by atoms with Crippen LogP contribution < -0.4 is 0 Å². The molecule has 0 aromatic carbocycles. The third-order valence-corrected chi connectivity index (χ3v) is 1.88. The molecule has 0 saturated carbocycles. The van der Waals surface area contributed by atoms with E-state index in [9.17, 15) is 4.79 Å². The molecule has 1 atom stereocenters. The second-order valence-electron chi connectivity index (χ2n) is 2.65. The van der Waals surface area contributed by atoms with Gasteiger partial charge in [0.25, 0.3) is 0 Å². The molecule has 0 spiro atoms. The van der Waals surface area contributed by atoms with Gasteiger partial charge in [-0.25, -0.2) is 0 Å². The van der Waals surface area contributed by atoms with Gasteiger partial charge < -0.3 is 4.52 Å². The van der Waals surface area contributed by atoms with Crippen molar-refractivity contribution in [2.24, 2.45) is 0 Å². The maximum atomic E-state index is 10.6. The summed E-state index contributed by atoms with van der Waals surface area (Å²) in [6, 6.07) is 0. The Hall–Kier alpha value is -0.100. The molecule has 0 aromatic rings. The largest absolute Gasteiger partial charge is 0.452 e. The number of carbonyl (C=O) groups excluding carboxylic acids is 1. The van der Waals surface area contributed by atoms with Crippen LogP contribution in [0.4, 0.5) is 0 Å². The molecule has 0 aliphatic carbocycles. The topological polar surface area (TPSA) is 26.3 Å². The van der Waals surface area contributed by atoms with E-state index in [1.165, 1.54) is 19.3 Å². The Morgan fingerprint density at radius 3 is 2.45 bits per heavy atom. The molecule has 0 bridgehead atoms. The normalized spacial score (nSPS) is 9.64. The average molecular weight is 176 g/mol. The van der Waals surface area contributed by atoms with E-state index >= 15 is 0 Å². The highest BCUT2D eigenvalue weighted by Gasteiger charge is 1.98. The minimum absolute atomic E-state index is 0.119. The molecule has 0 saturated heterocycles. The fourth-order valence-corrected chi connectivity index (χ4v) is 1.05. The third-order valence-electron chi connectivity index (χ3n) is 1.62. The van der Waals surface area contributed by atoms with Crippen molar-refractivity contribution in [1.82, 2.24) is 0 Å². The number of hydrogen-bond acceptors (Lipinski definition) is 2. The SMILES string of the molecule is CCCCCCCC(=O)OP. The van der Waals surface area contributed by atoms with Gasteiger partial charge in [0, 0.05) is 6.42 Å². The molecular formula is C8H17O2P. The molecule has 0 heterocycles. The van der Waals surface area contributed by atoms with Gasteiger partial charge in [-0.3, -0.25) is 4.79 Å². The summed E-state index contributed by atoms with van der Waals surface area (Å²) in [7, 11) is 1.98. The van der Waals surface area contributed by atoms with Crippen LogP contribution in [0.5, 0.6) is 0 Å². The van der Waals surface area contributed by atoms with E-state index in [2.05, 4.69) is 11.4 Å². The van der Waals surface area contributed by atoms with Crippen LogP contribution >= 0.6 is 9.47 Å². The fourth-order valence-electron chi connectivity index (χ4n) is 0.932. The van der Waals surface area contributed by atoms with Gasteiger partial charge in [-0.15, -0.1) is 0 Å². The Balaban J connectivity index is 2.95. The van der Waals surface area contributed by atoms with E-state index in [1.54, 1.807) is 0 Å². The highest BCUT2D eigenvalue weighted by atomic mass is 31.0. The Morgan fingerprint density at radius 2 is 1.91 bits per heavy atom. The lowest BCUT2D eigenvalue weighted by Gasteiger charge is -1.98. The summed E-state index contributed by atoms with van der Waals surface area (Å²) in [6.45, 7) is 2.18. The van der Waals surface area contributed by atoms with E-state index < -0.39 is 0 Å². The lowest BCUT2D eigenvalue weighted by Crippen LogP contribution is -1.95. The molecule has 66 valence electrons.